The average molecular weight is 351 g/mol. The SMILES string of the molecule is CCC(=O)c1ccc(OC(=O)[C@H](C)N2C(=O)c3ccccc3C2=O)cc1. The molecule has 2 aromatic rings. The van der Waals surface area contributed by atoms with Crippen LogP contribution in [0.25, 0.3) is 0 Å². The Morgan fingerprint density at radius 2 is 1.50 bits per heavy atom. The van der Waals surface area contributed by atoms with E-state index in [1.807, 2.05) is 0 Å². The van der Waals surface area contributed by atoms with E-state index in [1.165, 1.54) is 19.1 Å². The van der Waals surface area contributed by atoms with Crippen molar-refractivity contribution < 1.29 is 23.9 Å². The van der Waals surface area contributed by atoms with Crippen LogP contribution in [0.4, 0.5) is 0 Å². The van der Waals surface area contributed by atoms with Gasteiger partial charge in [-0.05, 0) is 43.3 Å². The zero-order valence-corrected chi connectivity index (χ0v) is 14.4. The topological polar surface area (TPSA) is 80.8 Å². The first kappa shape index (κ1) is 17.5. The van der Waals surface area contributed by atoms with E-state index in [4.69, 9.17) is 4.74 Å². The van der Waals surface area contributed by atoms with Crippen molar-refractivity contribution in [2.24, 2.45) is 0 Å². The lowest BCUT2D eigenvalue weighted by Gasteiger charge is -2.20. The first-order valence-corrected chi connectivity index (χ1v) is 8.26. The Hall–Kier alpha value is -3.28. The van der Waals surface area contributed by atoms with Gasteiger partial charge in [0.1, 0.15) is 11.8 Å². The van der Waals surface area contributed by atoms with Gasteiger partial charge in [-0.1, -0.05) is 19.1 Å². The number of ether oxygens (including phenoxy) is 1. The number of hydrogen-bond acceptors (Lipinski definition) is 5. The molecule has 6 nitrogen and oxygen atoms in total. The van der Waals surface area contributed by atoms with E-state index in [0.29, 0.717) is 12.0 Å². The summed E-state index contributed by atoms with van der Waals surface area (Å²) in [4.78, 5) is 49.7. The molecule has 0 aromatic heterocycles. The van der Waals surface area contributed by atoms with E-state index >= 15 is 0 Å². The quantitative estimate of drug-likeness (QED) is 0.358. The van der Waals surface area contributed by atoms with Gasteiger partial charge in [0.25, 0.3) is 11.8 Å². The van der Waals surface area contributed by atoms with Crippen molar-refractivity contribution in [1.82, 2.24) is 4.90 Å². The summed E-state index contributed by atoms with van der Waals surface area (Å²) < 4.78 is 5.26. The molecule has 1 aliphatic rings. The largest absolute Gasteiger partial charge is 0.425 e. The maximum Gasteiger partial charge on any atom is 0.334 e. The number of ketones is 1. The zero-order chi connectivity index (χ0) is 18.8. The van der Waals surface area contributed by atoms with Crippen LogP contribution in [0.2, 0.25) is 0 Å². The first-order valence-electron chi connectivity index (χ1n) is 8.26. The van der Waals surface area contributed by atoms with E-state index < -0.39 is 23.8 Å². The Balaban J connectivity index is 1.74. The van der Waals surface area contributed by atoms with Crippen molar-refractivity contribution in [3.63, 3.8) is 0 Å². The van der Waals surface area contributed by atoms with Gasteiger partial charge >= 0.3 is 5.97 Å². The van der Waals surface area contributed by atoms with Crippen molar-refractivity contribution in [2.45, 2.75) is 26.3 Å². The molecule has 1 aliphatic heterocycles. The molecule has 0 fully saturated rings. The predicted molar refractivity (Wildman–Crippen MR) is 93.1 cm³/mol. The van der Waals surface area contributed by atoms with Crippen molar-refractivity contribution in [2.75, 3.05) is 0 Å². The van der Waals surface area contributed by atoms with Gasteiger partial charge in [0, 0.05) is 12.0 Å². The lowest BCUT2D eigenvalue weighted by molar-refractivity contribution is -0.138. The molecule has 1 heterocycles. The van der Waals surface area contributed by atoms with Crippen LogP contribution < -0.4 is 4.74 Å². The number of carbonyl (C=O) groups is 4. The highest BCUT2D eigenvalue weighted by Crippen LogP contribution is 2.25. The highest BCUT2D eigenvalue weighted by atomic mass is 16.5. The Kier molecular flexibility index (Phi) is 4.67. The Bertz CT molecular complexity index is 866. The second kappa shape index (κ2) is 6.92. The van der Waals surface area contributed by atoms with Gasteiger partial charge in [-0.2, -0.15) is 0 Å². The minimum absolute atomic E-state index is 0.0118. The molecule has 6 heteroatoms. The van der Waals surface area contributed by atoms with Gasteiger partial charge in [0.05, 0.1) is 11.1 Å². The number of imide groups is 1. The van der Waals surface area contributed by atoms with Gasteiger partial charge in [-0.25, -0.2) is 4.79 Å². The number of benzene rings is 2. The summed E-state index contributed by atoms with van der Waals surface area (Å²) in [5, 5.41) is 0. The fourth-order valence-corrected chi connectivity index (χ4v) is 2.78. The van der Waals surface area contributed by atoms with Crippen molar-refractivity contribution in [1.29, 1.82) is 0 Å². The summed E-state index contributed by atoms with van der Waals surface area (Å²) in [5.74, 6) is -1.53. The van der Waals surface area contributed by atoms with Crippen LogP contribution in [0.3, 0.4) is 0 Å². The molecule has 0 saturated carbocycles. The molecule has 0 unspecified atom stereocenters. The standard InChI is InChI=1S/C20H17NO5/c1-3-17(22)13-8-10-14(11-9-13)26-20(25)12(2)21-18(23)15-6-4-5-7-16(15)19(21)24/h4-12H,3H2,1-2H3/t12-/m0/s1. The fraction of sp³-hybridized carbons (Fsp3) is 0.200. The highest BCUT2D eigenvalue weighted by Gasteiger charge is 2.41. The maximum absolute atomic E-state index is 12.4. The third kappa shape index (κ3) is 3.01. The van der Waals surface area contributed by atoms with Crippen LogP contribution in [-0.2, 0) is 4.79 Å². The molecule has 0 N–H and O–H groups in total. The number of amides is 2. The van der Waals surface area contributed by atoms with E-state index in [9.17, 15) is 19.2 Å². The molecular weight excluding hydrogens is 334 g/mol. The molecule has 0 radical (unpaired) electrons. The molecule has 2 aromatic carbocycles. The Labute approximate surface area is 150 Å². The minimum atomic E-state index is -1.07. The number of nitrogens with zero attached hydrogens (tertiary/aromatic N) is 1. The van der Waals surface area contributed by atoms with Gasteiger partial charge in [0.15, 0.2) is 5.78 Å². The fourth-order valence-electron chi connectivity index (χ4n) is 2.78. The third-order valence-electron chi connectivity index (χ3n) is 4.27. The number of Topliss-reactive ketones (excluding diaryl/α,β-unsaturated/α-hetero) is 1. The zero-order valence-electron chi connectivity index (χ0n) is 14.4. The number of hydrogen-bond donors (Lipinski definition) is 0. The molecule has 3 rings (SSSR count). The highest BCUT2D eigenvalue weighted by molar-refractivity contribution is 6.22. The summed E-state index contributed by atoms with van der Waals surface area (Å²) >= 11 is 0. The van der Waals surface area contributed by atoms with E-state index in [-0.39, 0.29) is 22.7 Å². The lowest BCUT2D eigenvalue weighted by atomic mass is 10.1. The number of esters is 1. The molecule has 0 saturated heterocycles. The number of fused-ring (bicyclic) bond motifs is 1. The van der Waals surface area contributed by atoms with Crippen molar-refractivity contribution >= 4 is 23.6 Å². The summed E-state index contributed by atoms with van der Waals surface area (Å²) in [5.41, 5.74) is 1.08. The van der Waals surface area contributed by atoms with Crippen molar-refractivity contribution in [3.05, 3.63) is 65.2 Å². The summed E-state index contributed by atoms with van der Waals surface area (Å²) in [6.07, 6.45) is 0.385. The second-order valence-corrected chi connectivity index (χ2v) is 5.92. The van der Waals surface area contributed by atoms with E-state index in [2.05, 4.69) is 0 Å². The maximum atomic E-state index is 12.4. The van der Waals surface area contributed by atoms with Crippen LogP contribution in [0.15, 0.2) is 48.5 Å². The number of carbonyl (C=O) groups excluding carboxylic acids is 4. The molecular formula is C20H17NO5. The van der Waals surface area contributed by atoms with Crippen LogP contribution >= 0.6 is 0 Å². The average Bonchev–Trinajstić information content (AvgIpc) is 2.92. The summed E-state index contributed by atoms with van der Waals surface area (Å²) in [6, 6.07) is 11.5. The molecule has 1 atom stereocenters. The first-order chi connectivity index (χ1) is 12.4. The molecule has 132 valence electrons. The van der Waals surface area contributed by atoms with Crippen LogP contribution in [0, 0.1) is 0 Å². The monoisotopic (exact) mass is 351 g/mol. The van der Waals surface area contributed by atoms with E-state index in [0.717, 1.165) is 4.90 Å². The van der Waals surface area contributed by atoms with Gasteiger partial charge in [0.2, 0.25) is 0 Å². The normalized spacial score (nSPS) is 14.2. The van der Waals surface area contributed by atoms with E-state index in [1.54, 1.807) is 43.3 Å². The Morgan fingerprint density at radius 1 is 0.962 bits per heavy atom. The van der Waals surface area contributed by atoms with Gasteiger partial charge in [-0.3, -0.25) is 19.3 Å². The predicted octanol–water partition coefficient (Wildman–Crippen LogP) is 2.87. The summed E-state index contributed by atoms with van der Waals surface area (Å²) in [7, 11) is 0. The summed E-state index contributed by atoms with van der Waals surface area (Å²) in [6.45, 7) is 3.21. The second-order valence-electron chi connectivity index (χ2n) is 5.92. The lowest BCUT2D eigenvalue weighted by Crippen LogP contribution is -2.44. The molecule has 2 amide bonds. The smallest absolute Gasteiger partial charge is 0.334 e. The van der Waals surface area contributed by atoms with Gasteiger partial charge < -0.3 is 4.74 Å². The van der Waals surface area contributed by atoms with Crippen LogP contribution in [0.1, 0.15) is 51.3 Å². The van der Waals surface area contributed by atoms with Gasteiger partial charge in [-0.15, -0.1) is 0 Å². The molecule has 0 aliphatic carbocycles. The van der Waals surface area contributed by atoms with Crippen LogP contribution in [-0.4, -0.2) is 34.5 Å². The molecule has 0 bridgehead atoms. The molecule has 0 spiro atoms. The third-order valence-corrected chi connectivity index (χ3v) is 4.27. The van der Waals surface area contributed by atoms with Crippen molar-refractivity contribution in [3.8, 4) is 5.75 Å². The number of rotatable bonds is 5. The Morgan fingerprint density at radius 3 is 2.00 bits per heavy atom. The molecule has 26 heavy (non-hydrogen) atoms. The van der Waals surface area contributed by atoms with Crippen LogP contribution in [0.5, 0.6) is 5.75 Å². The minimum Gasteiger partial charge on any atom is -0.425 e.